The molecule has 0 radical (unpaired) electrons. The number of nitrogens with zero attached hydrogens (tertiary/aromatic N) is 1. The molecule has 0 saturated heterocycles. The van der Waals surface area contributed by atoms with Crippen molar-refractivity contribution in [1.82, 2.24) is 0 Å². The fourth-order valence-electron chi connectivity index (χ4n) is 3.84. The maximum Gasteiger partial charge on any atom is 0.271 e. The van der Waals surface area contributed by atoms with Crippen LogP contribution in [-0.4, -0.2) is 16.7 Å². The Kier molecular flexibility index (Phi) is 5.15. The van der Waals surface area contributed by atoms with E-state index in [2.05, 4.69) is 20.8 Å². The van der Waals surface area contributed by atoms with Gasteiger partial charge in [-0.05, 0) is 48.5 Å². The third-order valence-corrected chi connectivity index (χ3v) is 5.27. The summed E-state index contributed by atoms with van der Waals surface area (Å²) in [5, 5.41) is 11.1. The van der Waals surface area contributed by atoms with Crippen LogP contribution in [0.1, 0.15) is 78.7 Å². The average Bonchev–Trinajstić information content (AvgIpc) is 2.52. The number of nitro benzene ring substituents is 1. The molecule has 0 unspecified atom stereocenters. The van der Waals surface area contributed by atoms with Crippen LogP contribution in [0.2, 0.25) is 0 Å². The zero-order valence-corrected chi connectivity index (χ0v) is 14.9. The molecule has 25 heavy (non-hydrogen) atoms. The monoisotopic (exact) mass is 347 g/mol. The molecular formula is C18H25N3O4. The third kappa shape index (κ3) is 3.97. The number of rotatable bonds is 4. The van der Waals surface area contributed by atoms with Crippen LogP contribution in [0.3, 0.4) is 0 Å². The van der Waals surface area contributed by atoms with E-state index in [9.17, 15) is 19.7 Å². The standard InChI is InChI=1S/C18H25N3O4/c1-18(2,3)11-6-4-10(5-7-11)15-13(16(19)22)8-12(21(24)25)9-14(15)17(20)23/h8-11H,4-7H2,1-3H3,(H2,19,22)(H2,20,23)/t10-,11+. The molecule has 4 N–H and O–H groups in total. The van der Waals surface area contributed by atoms with Gasteiger partial charge in [0.05, 0.1) is 16.1 Å². The Morgan fingerprint density at radius 2 is 1.48 bits per heavy atom. The molecule has 2 rings (SSSR count). The highest BCUT2D eigenvalue weighted by atomic mass is 16.6. The second-order valence-electron chi connectivity index (χ2n) is 7.85. The summed E-state index contributed by atoms with van der Waals surface area (Å²) in [5.74, 6) is -1.06. The van der Waals surface area contributed by atoms with E-state index in [-0.39, 0.29) is 28.1 Å². The highest BCUT2D eigenvalue weighted by Crippen LogP contribution is 2.45. The number of carbonyl (C=O) groups excluding carboxylic acids is 2. The minimum absolute atomic E-state index is 0.0298. The van der Waals surface area contributed by atoms with Crippen molar-refractivity contribution >= 4 is 17.5 Å². The van der Waals surface area contributed by atoms with Crippen LogP contribution in [0.15, 0.2) is 12.1 Å². The SMILES string of the molecule is CC(C)(C)[C@H]1CC[C@@H](c2c(C(N)=O)cc([N+](=O)[O-])cc2C(N)=O)CC1. The topological polar surface area (TPSA) is 129 Å². The van der Waals surface area contributed by atoms with Gasteiger partial charge < -0.3 is 11.5 Å². The van der Waals surface area contributed by atoms with E-state index in [1.54, 1.807) is 0 Å². The highest BCUT2D eigenvalue weighted by molar-refractivity contribution is 6.02. The minimum atomic E-state index is -0.779. The molecule has 0 aromatic heterocycles. The van der Waals surface area contributed by atoms with E-state index in [4.69, 9.17) is 11.5 Å². The van der Waals surface area contributed by atoms with Crippen LogP contribution >= 0.6 is 0 Å². The van der Waals surface area contributed by atoms with Gasteiger partial charge in [-0.3, -0.25) is 19.7 Å². The zero-order chi connectivity index (χ0) is 18.9. The molecule has 2 amide bonds. The Labute approximate surface area is 146 Å². The van der Waals surface area contributed by atoms with E-state index in [1.165, 1.54) is 0 Å². The Bertz CT molecular complexity index is 679. The second-order valence-corrected chi connectivity index (χ2v) is 7.85. The predicted molar refractivity (Wildman–Crippen MR) is 94.3 cm³/mol. The fourth-order valence-corrected chi connectivity index (χ4v) is 3.84. The van der Waals surface area contributed by atoms with E-state index in [0.29, 0.717) is 11.5 Å². The van der Waals surface area contributed by atoms with E-state index in [0.717, 1.165) is 37.8 Å². The van der Waals surface area contributed by atoms with Gasteiger partial charge in [-0.15, -0.1) is 0 Å². The average molecular weight is 347 g/mol. The number of benzene rings is 1. The van der Waals surface area contributed by atoms with Gasteiger partial charge in [-0.2, -0.15) is 0 Å². The Hall–Kier alpha value is -2.44. The summed E-state index contributed by atoms with van der Waals surface area (Å²) in [6.45, 7) is 6.61. The molecule has 1 fully saturated rings. The molecule has 7 nitrogen and oxygen atoms in total. The second kappa shape index (κ2) is 6.82. The molecule has 7 heteroatoms. The summed E-state index contributed by atoms with van der Waals surface area (Å²) in [6, 6.07) is 2.31. The largest absolute Gasteiger partial charge is 0.366 e. The van der Waals surface area contributed by atoms with Gasteiger partial charge in [-0.1, -0.05) is 20.8 Å². The molecule has 0 heterocycles. The molecule has 0 spiro atoms. The highest BCUT2D eigenvalue weighted by Gasteiger charge is 2.34. The van der Waals surface area contributed by atoms with Crippen molar-refractivity contribution < 1.29 is 14.5 Å². The summed E-state index contributed by atoms with van der Waals surface area (Å²) < 4.78 is 0. The van der Waals surface area contributed by atoms with E-state index < -0.39 is 16.7 Å². The van der Waals surface area contributed by atoms with Crippen molar-refractivity contribution in [2.75, 3.05) is 0 Å². The molecule has 1 aromatic carbocycles. The van der Waals surface area contributed by atoms with E-state index >= 15 is 0 Å². The number of nitro groups is 1. The molecule has 0 aliphatic heterocycles. The molecule has 1 saturated carbocycles. The molecule has 136 valence electrons. The maximum atomic E-state index is 11.9. The van der Waals surface area contributed by atoms with Crippen LogP contribution in [0.5, 0.6) is 0 Å². The van der Waals surface area contributed by atoms with Crippen LogP contribution < -0.4 is 11.5 Å². The first kappa shape index (κ1) is 18.9. The van der Waals surface area contributed by atoms with Gasteiger partial charge in [-0.25, -0.2) is 0 Å². The molecule has 1 aromatic rings. The van der Waals surface area contributed by atoms with Gasteiger partial charge in [0.25, 0.3) is 5.69 Å². The lowest BCUT2D eigenvalue weighted by Crippen LogP contribution is -2.28. The summed E-state index contributed by atoms with van der Waals surface area (Å²) in [7, 11) is 0. The van der Waals surface area contributed by atoms with Gasteiger partial charge in [0.15, 0.2) is 0 Å². The number of non-ortho nitro benzene ring substituents is 1. The first-order chi connectivity index (χ1) is 11.5. The van der Waals surface area contributed by atoms with Crippen LogP contribution in [0.25, 0.3) is 0 Å². The van der Waals surface area contributed by atoms with Crippen molar-refractivity contribution in [3.63, 3.8) is 0 Å². The first-order valence-corrected chi connectivity index (χ1v) is 8.44. The van der Waals surface area contributed by atoms with Gasteiger partial charge in [0, 0.05) is 12.1 Å². The number of amides is 2. The van der Waals surface area contributed by atoms with Crippen molar-refractivity contribution in [1.29, 1.82) is 0 Å². The van der Waals surface area contributed by atoms with E-state index in [1.807, 2.05) is 0 Å². The third-order valence-electron chi connectivity index (χ3n) is 5.27. The molecular weight excluding hydrogens is 322 g/mol. The van der Waals surface area contributed by atoms with Crippen LogP contribution in [0, 0.1) is 21.4 Å². The number of nitrogens with two attached hydrogens (primary N) is 2. The summed E-state index contributed by atoms with van der Waals surface area (Å²) >= 11 is 0. The van der Waals surface area contributed by atoms with Gasteiger partial charge in [0.2, 0.25) is 11.8 Å². The van der Waals surface area contributed by atoms with Crippen molar-refractivity contribution in [3.05, 3.63) is 38.9 Å². The summed E-state index contributed by atoms with van der Waals surface area (Å²) in [5.41, 5.74) is 11.3. The fraction of sp³-hybridized carbons (Fsp3) is 0.556. The van der Waals surface area contributed by atoms with Crippen molar-refractivity contribution in [2.45, 2.75) is 52.4 Å². The maximum absolute atomic E-state index is 11.9. The number of primary amides is 2. The lowest BCUT2D eigenvalue weighted by molar-refractivity contribution is -0.384. The summed E-state index contributed by atoms with van der Waals surface area (Å²) in [6.07, 6.45) is 3.50. The Balaban J connectivity index is 2.48. The Morgan fingerprint density at radius 1 is 1.04 bits per heavy atom. The lowest BCUT2D eigenvalue weighted by atomic mass is 9.67. The van der Waals surface area contributed by atoms with Crippen molar-refractivity contribution in [2.24, 2.45) is 22.8 Å². The quantitative estimate of drug-likeness (QED) is 0.640. The predicted octanol–water partition coefficient (Wildman–Crippen LogP) is 3.11. The minimum Gasteiger partial charge on any atom is -0.366 e. The number of hydrogen-bond donors (Lipinski definition) is 2. The normalized spacial score (nSPS) is 20.9. The first-order valence-electron chi connectivity index (χ1n) is 8.44. The van der Waals surface area contributed by atoms with Gasteiger partial charge >= 0.3 is 0 Å². The zero-order valence-electron chi connectivity index (χ0n) is 14.9. The molecule has 1 aliphatic rings. The molecule has 0 atom stereocenters. The summed E-state index contributed by atoms with van der Waals surface area (Å²) in [4.78, 5) is 34.2. The molecule has 0 bridgehead atoms. The number of hydrogen-bond acceptors (Lipinski definition) is 4. The lowest BCUT2D eigenvalue weighted by Gasteiger charge is -2.37. The van der Waals surface area contributed by atoms with Crippen molar-refractivity contribution in [3.8, 4) is 0 Å². The van der Waals surface area contributed by atoms with Crippen LogP contribution in [0.4, 0.5) is 5.69 Å². The Morgan fingerprint density at radius 3 is 1.80 bits per heavy atom. The van der Waals surface area contributed by atoms with Gasteiger partial charge in [0.1, 0.15) is 0 Å². The smallest absolute Gasteiger partial charge is 0.271 e. The number of carbonyl (C=O) groups is 2. The van der Waals surface area contributed by atoms with Crippen LogP contribution in [-0.2, 0) is 0 Å². The molecule has 1 aliphatic carbocycles.